The number of carbonyl (C=O) groups excluding carboxylic acids is 1. The van der Waals surface area contributed by atoms with Crippen LogP contribution in [0.2, 0.25) is 0 Å². The molecule has 37 heavy (non-hydrogen) atoms. The van der Waals surface area contributed by atoms with E-state index in [0.717, 1.165) is 40.8 Å². The first-order valence-corrected chi connectivity index (χ1v) is 14.3. The Morgan fingerprint density at radius 1 is 0.973 bits per heavy atom. The second kappa shape index (κ2) is 10.6. The van der Waals surface area contributed by atoms with Crippen molar-refractivity contribution in [3.05, 3.63) is 89.0 Å². The van der Waals surface area contributed by atoms with E-state index in [1.165, 1.54) is 4.31 Å². The fraction of sp³-hybridized carbons (Fsp3) is 0.367. The van der Waals surface area contributed by atoms with Gasteiger partial charge in [-0.25, -0.2) is 8.42 Å². The molecular weight excluding hydrogens is 484 g/mol. The molecule has 0 saturated heterocycles. The van der Waals surface area contributed by atoms with Crippen molar-refractivity contribution in [3.8, 4) is 5.75 Å². The molecule has 1 heterocycles. The highest BCUT2D eigenvalue weighted by molar-refractivity contribution is 7.92. The van der Waals surface area contributed by atoms with Crippen molar-refractivity contribution in [3.63, 3.8) is 0 Å². The largest absolute Gasteiger partial charge is 0.487 e. The van der Waals surface area contributed by atoms with Gasteiger partial charge in [-0.15, -0.1) is 0 Å². The average molecular weight is 521 g/mol. The SMILES string of the molecule is CCC1(CC)C[C@@H](NC(=O)CN(c2cc(C)ccc2C)S(=O)(=O)c2ccc(C)cc2)c2ccccc2O1. The van der Waals surface area contributed by atoms with Crippen molar-refractivity contribution in [2.24, 2.45) is 0 Å². The summed E-state index contributed by atoms with van der Waals surface area (Å²) in [4.78, 5) is 13.7. The molecule has 3 aromatic rings. The maximum Gasteiger partial charge on any atom is 0.264 e. The lowest BCUT2D eigenvalue weighted by Crippen LogP contribution is -2.47. The minimum atomic E-state index is -3.99. The molecule has 0 aliphatic carbocycles. The van der Waals surface area contributed by atoms with Crippen LogP contribution in [0.5, 0.6) is 5.75 Å². The summed E-state index contributed by atoms with van der Waals surface area (Å²) < 4.78 is 35.3. The summed E-state index contributed by atoms with van der Waals surface area (Å²) in [7, 11) is -3.99. The van der Waals surface area contributed by atoms with Gasteiger partial charge in [-0.3, -0.25) is 9.10 Å². The average Bonchev–Trinajstić information content (AvgIpc) is 2.89. The number of aryl methyl sites for hydroxylation is 3. The second-order valence-electron chi connectivity index (χ2n) is 9.97. The minimum Gasteiger partial charge on any atom is -0.487 e. The summed E-state index contributed by atoms with van der Waals surface area (Å²) in [5.41, 5.74) is 3.68. The van der Waals surface area contributed by atoms with E-state index in [4.69, 9.17) is 4.74 Å². The first-order valence-electron chi connectivity index (χ1n) is 12.8. The van der Waals surface area contributed by atoms with E-state index in [9.17, 15) is 13.2 Å². The molecule has 0 bridgehead atoms. The van der Waals surface area contributed by atoms with Crippen molar-refractivity contribution in [2.45, 2.75) is 70.4 Å². The fourth-order valence-electron chi connectivity index (χ4n) is 4.93. The third-order valence-corrected chi connectivity index (χ3v) is 9.12. The van der Waals surface area contributed by atoms with E-state index >= 15 is 0 Å². The number of para-hydroxylation sites is 1. The monoisotopic (exact) mass is 520 g/mol. The summed E-state index contributed by atoms with van der Waals surface area (Å²) in [6.45, 7) is 9.53. The molecule has 3 aromatic carbocycles. The Balaban J connectivity index is 1.69. The summed E-state index contributed by atoms with van der Waals surface area (Å²) in [5, 5.41) is 3.14. The molecule has 0 spiro atoms. The number of amides is 1. The Hall–Kier alpha value is -3.32. The summed E-state index contributed by atoms with van der Waals surface area (Å²) >= 11 is 0. The topological polar surface area (TPSA) is 75.7 Å². The molecule has 0 aromatic heterocycles. The maximum absolute atomic E-state index is 13.9. The third-order valence-electron chi connectivity index (χ3n) is 7.35. The van der Waals surface area contributed by atoms with Crippen LogP contribution < -0.4 is 14.4 Å². The highest BCUT2D eigenvalue weighted by Crippen LogP contribution is 2.42. The number of benzene rings is 3. The summed E-state index contributed by atoms with van der Waals surface area (Å²) in [6.07, 6.45) is 2.23. The predicted octanol–water partition coefficient (Wildman–Crippen LogP) is 6.01. The quantitative estimate of drug-likeness (QED) is 0.395. The molecule has 1 atom stereocenters. The number of anilines is 1. The van der Waals surface area contributed by atoms with Crippen LogP contribution in [-0.4, -0.2) is 26.5 Å². The van der Waals surface area contributed by atoms with Gasteiger partial charge in [0.25, 0.3) is 10.0 Å². The van der Waals surface area contributed by atoms with Crippen molar-refractivity contribution in [1.29, 1.82) is 0 Å². The number of fused-ring (bicyclic) bond motifs is 1. The van der Waals surface area contributed by atoms with Crippen LogP contribution >= 0.6 is 0 Å². The Kier molecular flexibility index (Phi) is 7.64. The molecule has 0 unspecified atom stereocenters. The van der Waals surface area contributed by atoms with Gasteiger partial charge in [-0.05, 0) is 69.0 Å². The molecule has 7 heteroatoms. The van der Waals surface area contributed by atoms with Crippen LogP contribution in [0.4, 0.5) is 5.69 Å². The molecule has 1 amide bonds. The number of sulfonamides is 1. The highest BCUT2D eigenvalue weighted by atomic mass is 32.2. The molecule has 0 radical (unpaired) electrons. The van der Waals surface area contributed by atoms with Gasteiger partial charge in [-0.1, -0.05) is 61.9 Å². The normalized spacial score (nSPS) is 16.4. The number of carbonyl (C=O) groups is 1. The zero-order valence-corrected chi connectivity index (χ0v) is 23.1. The second-order valence-corrected chi connectivity index (χ2v) is 11.8. The van der Waals surface area contributed by atoms with Gasteiger partial charge in [0.1, 0.15) is 17.9 Å². The van der Waals surface area contributed by atoms with Crippen molar-refractivity contribution < 1.29 is 17.9 Å². The Morgan fingerprint density at radius 3 is 2.30 bits per heavy atom. The van der Waals surface area contributed by atoms with Gasteiger partial charge in [-0.2, -0.15) is 0 Å². The molecule has 1 aliphatic rings. The van der Waals surface area contributed by atoms with E-state index in [1.54, 1.807) is 24.3 Å². The predicted molar refractivity (Wildman–Crippen MR) is 148 cm³/mol. The zero-order chi connectivity index (χ0) is 26.8. The fourth-order valence-corrected chi connectivity index (χ4v) is 6.40. The number of hydrogen-bond donors (Lipinski definition) is 1. The van der Waals surface area contributed by atoms with Crippen LogP contribution in [0.3, 0.4) is 0 Å². The Morgan fingerprint density at radius 2 is 1.62 bits per heavy atom. The van der Waals surface area contributed by atoms with Gasteiger partial charge in [0.2, 0.25) is 5.91 Å². The van der Waals surface area contributed by atoms with E-state index in [1.807, 2.05) is 63.2 Å². The molecule has 196 valence electrons. The van der Waals surface area contributed by atoms with Crippen molar-refractivity contribution in [1.82, 2.24) is 5.32 Å². The van der Waals surface area contributed by atoms with Crippen molar-refractivity contribution in [2.75, 3.05) is 10.8 Å². The summed E-state index contributed by atoms with van der Waals surface area (Å²) in [5.74, 6) is 0.404. The lowest BCUT2D eigenvalue weighted by atomic mass is 9.83. The van der Waals surface area contributed by atoms with E-state index in [-0.39, 0.29) is 29.0 Å². The van der Waals surface area contributed by atoms with Crippen molar-refractivity contribution >= 4 is 21.6 Å². The van der Waals surface area contributed by atoms with Gasteiger partial charge in [0, 0.05) is 12.0 Å². The van der Waals surface area contributed by atoms with Crippen LogP contribution in [0.25, 0.3) is 0 Å². The number of rotatable bonds is 8. The van der Waals surface area contributed by atoms with Gasteiger partial charge in [0.05, 0.1) is 16.6 Å². The molecule has 1 N–H and O–H groups in total. The minimum absolute atomic E-state index is 0.152. The van der Waals surface area contributed by atoms with Crippen LogP contribution in [0, 0.1) is 20.8 Å². The molecule has 1 aliphatic heterocycles. The summed E-state index contributed by atoms with van der Waals surface area (Å²) in [6, 6.07) is 19.8. The Bertz CT molecular complexity index is 1380. The molecule has 0 fully saturated rings. The number of ether oxygens (including phenoxy) is 1. The first-order chi connectivity index (χ1) is 17.6. The van der Waals surface area contributed by atoms with Gasteiger partial charge >= 0.3 is 0 Å². The number of hydrogen-bond acceptors (Lipinski definition) is 4. The standard InChI is InChI=1S/C30H36N2O4S/c1-6-30(7-2)19-26(25-10-8-9-11-28(25)36-30)31-29(33)20-32(27-18-22(4)12-15-23(27)5)37(34,35)24-16-13-21(3)14-17-24/h8-18,26H,6-7,19-20H2,1-5H3,(H,31,33)/t26-/m1/s1. The number of nitrogens with zero attached hydrogens (tertiary/aromatic N) is 1. The molecule has 4 rings (SSSR count). The van der Waals surface area contributed by atoms with Crippen LogP contribution in [0.15, 0.2) is 71.6 Å². The molecular formula is C30H36N2O4S. The first kappa shape index (κ1) is 26.7. The van der Waals surface area contributed by atoms with Gasteiger partial charge < -0.3 is 10.1 Å². The smallest absolute Gasteiger partial charge is 0.264 e. The van der Waals surface area contributed by atoms with E-state index < -0.39 is 10.0 Å². The Labute approximate surface area is 220 Å². The van der Waals surface area contributed by atoms with Gasteiger partial charge in [0.15, 0.2) is 0 Å². The van der Waals surface area contributed by atoms with Crippen LogP contribution in [-0.2, 0) is 14.8 Å². The van der Waals surface area contributed by atoms with E-state index in [0.29, 0.717) is 12.1 Å². The zero-order valence-electron chi connectivity index (χ0n) is 22.2. The van der Waals surface area contributed by atoms with Crippen LogP contribution in [0.1, 0.15) is 61.4 Å². The highest BCUT2D eigenvalue weighted by Gasteiger charge is 2.39. The maximum atomic E-state index is 13.9. The lowest BCUT2D eigenvalue weighted by Gasteiger charge is -2.41. The number of nitrogens with one attached hydrogen (secondary N) is 1. The molecule has 0 saturated carbocycles. The lowest BCUT2D eigenvalue weighted by molar-refractivity contribution is -0.121. The third kappa shape index (κ3) is 5.52. The molecule has 6 nitrogen and oxygen atoms in total. The van der Waals surface area contributed by atoms with E-state index in [2.05, 4.69) is 19.2 Å².